The molecule has 0 saturated carbocycles. The summed E-state index contributed by atoms with van der Waals surface area (Å²) in [5, 5.41) is 22.8. The standard InChI is InChI=1S/C15H11ClN6O/c1-6-11-13(22-21-6)20-12(18)9(5-17)15(11)8-4-7(16)2-3-10(8)19-14(15)23/h2-4H,18H2,1H3,(H,19,23)(H2,20,21,22)/t15-/m0/s1. The number of nitrogens with one attached hydrogen (secondary N) is 3. The minimum atomic E-state index is -1.35. The quantitative estimate of drug-likeness (QED) is 0.587. The summed E-state index contributed by atoms with van der Waals surface area (Å²) in [5.41, 5.74) is 7.25. The van der Waals surface area contributed by atoms with E-state index in [1.807, 2.05) is 0 Å². The highest BCUT2D eigenvalue weighted by atomic mass is 35.5. The predicted octanol–water partition coefficient (Wildman–Crippen LogP) is 1.73. The fraction of sp³-hybridized carbons (Fsp3) is 0.133. The molecule has 1 atom stereocenters. The van der Waals surface area contributed by atoms with Crippen molar-refractivity contribution >= 4 is 29.0 Å². The highest BCUT2D eigenvalue weighted by Crippen LogP contribution is 2.53. The number of rotatable bonds is 0. The van der Waals surface area contributed by atoms with Gasteiger partial charge in [-0.15, -0.1) is 0 Å². The topological polar surface area (TPSA) is 120 Å². The van der Waals surface area contributed by atoms with Crippen molar-refractivity contribution in [3.8, 4) is 6.07 Å². The van der Waals surface area contributed by atoms with E-state index in [1.54, 1.807) is 25.1 Å². The monoisotopic (exact) mass is 326 g/mol. The molecule has 7 nitrogen and oxygen atoms in total. The molecule has 0 bridgehead atoms. The number of benzene rings is 1. The van der Waals surface area contributed by atoms with Gasteiger partial charge in [0.15, 0.2) is 5.82 Å². The van der Waals surface area contributed by atoms with Crippen molar-refractivity contribution in [1.29, 1.82) is 5.26 Å². The smallest absolute Gasteiger partial charge is 0.245 e. The van der Waals surface area contributed by atoms with Crippen LogP contribution in [0.1, 0.15) is 16.8 Å². The Hall–Kier alpha value is -2.98. The number of nitrogens with two attached hydrogens (primary N) is 1. The molecule has 0 saturated heterocycles. The van der Waals surface area contributed by atoms with Crippen molar-refractivity contribution in [2.45, 2.75) is 12.3 Å². The van der Waals surface area contributed by atoms with Crippen molar-refractivity contribution < 1.29 is 4.79 Å². The molecule has 1 amide bonds. The first-order valence-electron chi connectivity index (χ1n) is 6.84. The second-order valence-corrected chi connectivity index (χ2v) is 5.93. The molecule has 114 valence electrons. The van der Waals surface area contributed by atoms with Crippen LogP contribution in [0.2, 0.25) is 5.02 Å². The highest BCUT2D eigenvalue weighted by Gasteiger charge is 2.57. The molecule has 1 aromatic heterocycles. The number of halogens is 1. The number of fused-ring (bicyclic) bond motifs is 4. The first-order valence-corrected chi connectivity index (χ1v) is 7.22. The molecule has 0 fully saturated rings. The number of carbonyl (C=O) groups excluding carboxylic acids is 1. The molecule has 2 aliphatic heterocycles. The minimum absolute atomic E-state index is 0.106. The Bertz CT molecular complexity index is 953. The number of aromatic amines is 1. The van der Waals surface area contributed by atoms with Crippen LogP contribution in [0.4, 0.5) is 11.5 Å². The molecule has 23 heavy (non-hydrogen) atoms. The zero-order chi connectivity index (χ0) is 16.4. The summed E-state index contributed by atoms with van der Waals surface area (Å²) >= 11 is 6.13. The second kappa shape index (κ2) is 4.27. The van der Waals surface area contributed by atoms with Crippen LogP contribution in [0.5, 0.6) is 0 Å². The van der Waals surface area contributed by atoms with Gasteiger partial charge in [0.25, 0.3) is 0 Å². The normalized spacial score (nSPS) is 21.5. The van der Waals surface area contributed by atoms with Gasteiger partial charge in [-0.1, -0.05) is 11.6 Å². The Labute approximate surface area is 136 Å². The fourth-order valence-corrected chi connectivity index (χ4v) is 3.58. The maximum Gasteiger partial charge on any atom is 0.245 e. The lowest BCUT2D eigenvalue weighted by Crippen LogP contribution is -2.43. The molecule has 0 aliphatic carbocycles. The van der Waals surface area contributed by atoms with Crippen LogP contribution < -0.4 is 16.4 Å². The average molecular weight is 327 g/mol. The van der Waals surface area contributed by atoms with E-state index in [0.29, 0.717) is 33.3 Å². The van der Waals surface area contributed by atoms with E-state index in [4.69, 9.17) is 17.3 Å². The molecule has 2 aromatic rings. The van der Waals surface area contributed by atoms with Crippen LogP contribution in [0, 0.1) is 18.3 Å². The van der Waals surface area contributed by atoms with Gasteiger partial charge in [-0.3, -0.25) is 9.89 Å². The molecule has 5 N–H and O–H groups in total. The zero-order valence-electron chi connectivity index (χ0n) is 12.0. The summed E-state index contributed by atoms with van der Waals surface area (Å²) in [4.78, 5) is 13.0. The Morgan fingerprint density at radius 1 is 1.39 bits per heavy atom. The van der Waals surface area contributed by atoms with Crippen molar-refractivity contribution in [1.82, 2.24) is 10.2 Å². The first-order chi connectivity index (χ1) is 11.0. The molecular weight excluding hydrogens is 316 g/mol. The van der Waals surface area contributed by atoms with Crippen LogP contribution in [-0.2, 0) is 10.2 Å². The summed E-state index contributed by atoms with van der Waals surface area (Å²) in [6.07, 6.45) is 0. The highest BCUT2D eigenvalue weighted by molar-refractivity contribution is 6.31. The van der Waals surface area contributed by atoms with E-state index in [1.165, 1.54) is 0 Å². The van der Waals surface area contributed by atoms with Crippen LogP contribution in [0.15, 0.2) is 29.6 Å². The van der Waals surface area contributed by atoms with E-state index in [9.17, 15) is 10.1 Å². The van der Waals surface area contributed by atoms with E-state index < -0.39 is 5.41 Å². The van der Waals surface area contributed by atoms with Gasteiger partial charge in [0.1, 0.15) is 17.3 Å². The summed E-state index contributed by atoms with van der Waals surface area (Å²) in [5.74, 6) is 0.193. The third-order valence-corrected chi connectivity index (χ3v) is 4.54. The number of hydrogen-bond donors (Lipinski definition) is 4. The molecule has 4 rings (SSSR count). The Morgan fingerprint density at radius 2 is 2.17 bits per heavy atom. The number of nitriles is 1. The van der Waals surface area contributed by atoms with Gasteiger partial charge in [-0.2, -0.15) is 10.4 Å². The van der Waals surface area contributed by atoms with Crippen molar-refractivity contribution in [2.24, 2.45) is 5.73 Å². The number of carbonyl (C=O) groups is 1. The van der Waals surface area contributed by atoms with Crippen LogP contribution in [0.25, 0.3) is 0 Å². The van der Waals surface area contributed by atoms with Gasteiger partial charge in [0.2, 0.25) is 5.91 Å². The number of hydrogen-bond acceptors (Lipinski definition) is 5. The maximum atomic E-state index is 13.0. The molecule has 8 heteroatoms. The van der Waals surface area contributed by atoms with Crippen LogP contribution in [-0.4, -0.2) is 16.1 Å². The number of amides is 1. The lowest BCUT2D eigenvalue weighted by molar-refractivity contribution is -0.118. The predicted molar refractivity (Wildman–Crippen MR) is 84.6 cm³/mol. The third kappa shape index (κ3) is 1.48. The number of aryl methyl sites for hydroxylation is 1. The summed E-state index contributed by atoms with van der Waals surface area (Å²) in [7, 11) is 0. The molecular formula is C15H11ClN6O. The van der Waals surface area contributed by atoms with Crippen molar-refractivity contribution in [3.05, 3.63) is 51.4 Å². The van der Waals surface area contributed by atoms with Crippen molar-refractivity contribution in [3.63, 3.8) is 0 Å². The Balaban J connectivity index is 2.19. The molecule has 0 radical (unpaired) electrons. The molecule has 1 aromatic carbocycles. The van der Waals surface area contributed by atoms with E-state index >= 15 is 0 Å². The van der Waals surface area contributed by atoms with E-state index in [-0.39, 0.29) is 17.3 Å². The lowest BCUT2D eigenvalue weighted by Gasteiger charge is -2.32. The minimum Gasteiger partial charge on any atom is -0.384 e. The van der Waals surface area contributed by atoms with Crippen LogP contribution >= 0.6 is 11.6 Å². The van der Waals surface area contributed by atoms with Gasteiger partial charge in [-0.05, 0) is 25.1 Å². The molecule has 2 aliphatic rings. The number of nitrogens with zero attached hydrogens (tertiary/aromatic N) is 2. The fourth-order valence-electron chi connectivity index (χ4n) is 3.41. The summed E-state index contributed by atoms with van der Waals surface area (Å²) in [6.45, 7) is 1.79. The zero-order valence-corrected chi connectivity index (χ0v) is 12.7. The third-order valence-electron chi connectivity index (χ3n) is 4.31. The molecule has 3 heterocycles. The van der Waals surface area contributed by atoms with Gasteiger partial charge in [0.05, 0.1) is 5.57 Å². The molecule has 0 unspecified atom stereocenters. The van der Waals surface area contributed by atoms with Gasteiger partial charge in [-0.25, -0.2) is 0 Å². The number of aromatic nitrogens is 2. The first kappa shape index (κ1) is 13.7. The van der Waals surface area contributed by atoms with E-state index in [2.05, 4.69) is 26.9 Å². The van der Waals surface area contributed by atoms with Gasteiger partial charge >= 0.3 is 0 Å². The SMILES string of the molecule is Cc1[nH]nc2c1[C@@]1(C(=O)Nc3ccc(Cl)cc31)C(C#N)=C(N)N2. The van der Waals surface area contributed by atoms with Gasteiger partial charge < -0.3 is 16.4 Å². The molecule has 1 spiro atoms. The number of anilines is 2. The summed E-state index contributed by atoms with van der Waals surface area (Å²) < 4.78 is 0. The van der Waals surface area contributed by atoms with E-state index in [0.717, 1.165) is 0 Å². The Kier molecular flexibility index (Phi) is 2.54. The van der Waals surface area contributed by atoms with Crippen LogP contribution in [0.3, 0.4) is 0 Å². The second-order valence-electron chi connectivity index (χ2n) is 5.49. The Morgan fingerprint density at radius 3 is 2.91 bits per heavy atom. The average Bonchev–Trinajstić information content (AvgIpc) is 3.00. The number of H-pyrrole nitrogens is 1. The van der Waals surface area contributed by atoms with Gasteiger partial charge in [0, 0.05) is 27.5 Å². The summed E-state index contributed by atoms with van der Waals surface area (Å²) in [6, 6.07) is 7.16. The maximum absolute atomic E-state index is 13.0. The largest absolute Gasteiger partial charge is 0.384 e. The van der Waals surface area contributed by atoms with Crippen molar-refractivity contribution in [2.75, 3.05) is 10.6 Å². The lowest BCUT2D eigenvalue weighted by atomic mass is 9.68.